The van der Waals surface area contributed by atoms with E-state index < -0.39 is 0 Å². The zero-order valence-corrected chi connectivity index (χ0v) is 12.4. The summed E-state index contributed by atoms with van der Waals surface area (Å²) in [6.07, 6.45) is 0.845. The molecule has 0 bridgehead atoms. The van der Waals surface area contributed by atoms with Gasteiger partial charge in [-0.1, -0.05) is 0 Å². The van der Waals surface area contributed by atoms with Crippen molar-refractivity contribution in [3.8, 4) is 0 Å². The first kappa shape index (κ1) is 13.3. The van der Waals surface area contributed by atoms with Gasteiger partial charge in [0.25, 0.3) is 5.91 Å². The highest BCUT2D eigenvalue weighted by Gasteiger charge is 2.27. The maximum atomic E-state index is 12.4. The van der Waals surface area contributed by atoms with E-state index in [9.17, 15) is 4.79 Å². The van der Waals surface area contributed by atoms with E-state index in [1.807, 2.05) is 33.5 Å². The van der Waals surface area contributed by atoms with Crippen LogP contribution < -0.4 is 0 Å². The summed E-state index contributed by atoms with van der Waals surface area (Å²) in [4.78, 5) is 14.3. The van der Waals surface area contributed by atoms with Gasteiger partial charge in [-0.25, -0.2) is 0 Å². The molecular formula is C14H17N3O2S. The minimum Gasteiger partial charge on any atom is -0.378 e. The number of rotatable bonds is 3. The number of carbonyl (C=O) groups is 1. The summed E-state index contributed by atoms with van der Waals surface area (Å²) in [5.41, 5.74) is 4.13. The van der Waals surface area contributed by atoms with Crippen LogP contribution in [0.5, 0.6) is 0 Å². The minimum absolute atomic E-state index is 0.103. The van der Waals surface area contributed by atoms with Crippen LogP contribution in [0, 0.1) is 0 Å². The second-order valence-electron chi connectivity index (χ2n) is 4.92. The molecule has 2 aromatic heterocycles. The van der Waals surface area contributed by atoms with Crippen molar-refractivity contribution >= 4 is 17.2 Å². The molecule has 0 aromatic carbocycles. The Hall–Kier alpha value is -1.66. The molecule has 20 heavy (non-hydrogen) atoms. The number of fused-ring (bicyclic) bond motifs is 1. The lowest BCUT2D eigenvalue weighted by atomic mass is 10.0. The Kier molecular flexibility index (Phi) is 3.58. The molecule has 2 aromatic rings. The van der Waals surface area contributed by atoms with Crippen LogP contribution in [0.3, 0.4) is 0 Å². The number of aromatic nitrogens is 2. The normalized spacial score (nSPS) is 14.4. The van der Waals surface area contributed by atoms with E-state index in [-0.39, 0.29) is 5.91 Å². The Morgan fingerprint density at radius 1 is 1.55 bits per heavy atom. The predicted molar refractivity (Wildman–Crippen MR) is 76.7 cm³/mol. The van der Waals surface area contributed by atoms with Crippen LogP contribution in [-0.2, 0) is 31.4 Å². The molecule has 0 atom stereocenters. The number of hydrogen-bond donors (Lipinski definition) is 0. The molecule has 0 saturated heterocycles. The van der Waals surface area contributed by atoms with Crippen LogP contribution >= 0.6 is 11.3 Å². The lowest BCUT2D eigenvalue weighted by Gasteiger charge is -2.27. The van der Waals surface area contributed by atoms with Gasteiger partial charge in [-0.05, 0) is 17.9 Å². The molecule has 0 N–H and O–H groups in total. The van der Waals surface area contributed by atoms with Gasteiger partial charge in [0.15, 0.2) is 0 Å². The van der Waals surface area contributed by atoms with Crippen molar-refractivity contribution in [2.45, 2.75) is 19.6 Å². The topological polar surface area (TPSA) is 47.4 Å². The van der Waals surface area contributed by atoms with Gasteiger partial charge in [-0.2, -0.15) is 16.4 Å². The standard InChI is InChI=1S/C14H17N3O2S/c1-16-13-7-17(14(18)10-4-6-20-9-10)5-3-11(13)12(15-16)8-19-2/h4,6,9H,3,5,7-8H2,1-2H3. The highest BCUT2D eigenvalue weighted by molar-refractivity contribution is 7.08. The monoisotopic (exact) mass is 291 g/mol. The second kappa shape index (κ2) is 5.38. The number of aryl methyl sites for hydroxylation is 1. The summed E-state index contributed by atoms with van der Waals surface area (Å²) in [7, 11) is 3.60. The smallest absolute Gasteiger partial charge is 0.255 e. The van der Waals surface area contributed by atoms with E-state index in [0.29, 0.717) is 13.2 Å². The van der Waals surface area contributed by atoms with E-state index in [2.05, 4.69) is 5.10 Å². The van der Waals surface area contributed by atoms with Gasteiger partial charge in [0, 0.05) is 31.6 Å². The van der Waals surface area contributed by atoms with Crippen LogP contribution in [0.4, 0.5) is 0 Å². The van der Waals surface area contributed by atoms with Crippen molar-refractivity contribution in [2.75, 3.05) is 13.7 Å². The van der Waals surface area contributed by atoms with Crippen molar-refractivity contribution in [3.63, 3.8) is 0 Å². The molecule has 1 aliphatic heterocycles. The fourth-order valence-electron chi connectivity index (χ4n) is 2.65. The molecule has 6 heteroatoms. The maximum absolute atomic E-state index is 12.4. The van der Waals surface area contributed by atoms with E-state index in [0.717, 1.165) is 29.9 Å². The highest BCUT2D eigenvalue weighted by Crippen LogP contribution is 2.24. The molecule has 0 unspecified atom stereocenters. The summed E-state index contributed by atoms with van der Waals surface area (Å²) >= 11 is 1.55. The van der Waals surface area contributed by atoms with Gasteiger partial charge in [0.1, 0.15) is 0 Å². The molecule has 3 rings (SSSR count). The number of methoxy groups -OCH3 is 1. The molecule has 5 nitrogen and oxygen atoms in total. The molecule has 3 heterocycles. The quantitative estimate of drug-likeness (QED) is 0.867. The molecule has 0 saturated carbocycles. The third-order valence-corrected chi connectivity index (χ3v) is 4.35. The minimum atomic E-state index is 0.103. The summed E-state index contributed by atoms with van der Waals surface area (Å²) in [6, 6.07) is 1.88. The molecule has 1 aliphatic rings. The number of ether oxygens (including phenoxy) is 1. The average Bonchev–Trinajstić information content (AvgIpc) is 3.08. The van der Waals surface area contributed by atoms with Gasteiger partial charge in [0.2, 0.25) is 0 Å². The van der Waals surface area contributed by atoms with Crippen LogP contribution in [-0.4, -0.2) is 34.2 Å². The molecule has 0 aliphatic carbocycles. The Morgan fingerprint density at radius 2 is 2.40 bits per heavy atom. The van der Waals surface area contributed by atoms with Crippen LogP contribution in [0.1, 0.15) is 27.3 Å². The Balaban J connectivity index is 1.84. The summed E-state index contributed by atoms with van der Waals surface area (Å²) in [5.74, 6) is 0.103. The molecule has 0 spiro atoms. The van der Waals surface area contributed by atoms with E-state index >= 15 is 0 Å². The van der Waals surface area contributed by atoms with Crippen molar-refractivity contribution in [3.05, 3.63) is 39.3 Å². The predicted octanol–water partition coefficient (Wildman–Crippen LogP) is 1.83. The number of nitrogens with zero attached hydrogens (tertiary/aromatic N) is 3. The largest absolute Gasteiger partial charge is 0.378 e. The number of amides is 1. The first-order valence-electron chi connectivity index (χ1n) is 6.54. The molecule has 0 radical (unpaired) electrons. The first-order chi connectivity index (χ1) is 9.70. The van der Waals surface area contributed by atoms with Crippen molar-refractivity contribution in [1.82, 2.24) is 14.7 Å². The fourth-order valence-corrected chi connectivity index (χ4v) is 3.28. The Labute approximate surface area is 121 Å². The van der Waals surface area contributed by atoms with Gasteiger partial charge in [0.05, 0.1) is 30.1 Å². The highest BCUT2D eigenvalue weighted by atomic mass is 32.1. The maximum Gasteiger partial charge on any atom is 0.255 e. The third-order valence-electron chi connectivity index (χ3n) is 3.67. The lowest BCUT2D eigenvalue weighted by molar-refractivity contribution is 0.0730. The van der Waals surface area contributed by atoms with E-state index in [1.54, 1.807) is 18.4 Å². The van der Waals surface area contributed by atoms with Crippen LogP contribution in [0.2, 0.25) is 0 Å². The zero-order chi connectivity index (χ0) is 14.1. The molecule has 0 fully saturated rings. The lowest BCUT2D eigenvalue weighted by Crippen LogP contribution is -2.36. The average molecular weight is 291 g/mol. The third kappa shape index (κ3) is 2.25. The van der Waals surface area contributed by atoms with E-state index in [4.69, 9.17) is 4.74 Å². The number of carbonyl (C=O) groups excluding carboxylic acids is 1. The van der Waals surface area contributed by atoms with Gasteiger partial charge in [-0.3, -0.25) is 9.48 Å². The van der Waals surface area contributed by atoms with Crippen molar-refractivity contribution in [1.29, 1.82) is 0 Å². The first-order valence-corrected chi connectivity index (χ1v) is 7.49. The van der Waals surface area contributed by atoms with Crippen molar-refractivity contribution < 1.29 is 9.53 Å². The zero-order valence-electron chi connectivity index (χ0n) is 11.6. The second-order valence-corrected chi connectivity index (χ2v) is 5.70. The number of thiophene rings is 1. The van der Waals surface area contributed by atoms with E-state index in [1.165, 1.54) is 5.56 Å². The Bertz CT molecular complexity index is 619. The van der Waals surface area contributed by atoms with Gasteiger partial charge >= 0.3 is 0 Å². The summed E-state index contributed by atoms with van der Waals surface area (Å²) in [6.45, 7) is 1.89. The van der Waals surface area contributed by atoms with Gasteiger partial charge in [-0.15, -0.1) is 0 Å². The molecule has 1 amide bonds. The SMILES string of the molecule is COCc1nn(C)c2c1CCN(C(=O)c1ccsc1)C2. The van der Waals surface area contributed by atoms with Crippen LogP contribution in [0.15, 0.2) is 16.8 Å². The molecule has 106 valence electrons. The summed E-state index contributed by atoms with van der Waals surface area (Å²) in [5, 5.41) is 8.33. The van der Waals surface area contributed by atoms with Crippen molar-refractivity contribution in [2.24, 2.45) is 7.05 Å². The fraction of sp³-hybridized carbons (Fsp3) is 0.429. The Morgan fingerprint density at radius 3 is 3.10 bits per heavy atom. The van der Waals surface area contributed by atoms with Gasteiger partial charge < -0.3 is 9.64 Å². The molecular weight excluding hydrogens is 274 g/mol. The summed E-state index contributed by atoms with van der Waals surface area (Å²) < 4.78 is 7.06. The number of hydrogen-bond acceptors (Lipinski definition) is 4. The van der Waals surface area contributed by atoms with Crippen LogP contribution in [0.25, 0.3) is 0 Å².